The lowest BCUT2D eigenvalue weighted by Gasteiger charge is -2.08. The topological polar surface area (TPSA) is 61.2 Å². The molecule has 3 heterocycles. The molecule has 0 aliphatic carbocycles. The zero-order valence-corrected chi connectivity index (χ0v) is 12.4. The number of fused-ring (bicyclic) bond motifs is 2. The summed E-state index contributed by atoms with van der Waals surface area (Å²) < 4.78 is 6.54. The molecular formula is C14H16N2O3S. The average molecular weight is 292 g/mol. The van der Waals surface area contributed by atoms with Gasteiger partial charge in [0.25, 0.3) is 5.56 Å². The lowest BCUT2D eigenvalue weighted by Crippen LogP contribution is -2.24. The molecule has 5 nitrogen and oxygen atoms in total. The van der Waals surface area contributed by atoms with Crippen molar-refractivity contribution < 1.29 is 9.53 Å². The number of nitrogens with zero attached hydrogens (tertiary/aromatic N) is 2. The van der Waals surface area contributed by atoms with Crippen LogP contribution in [0.5, 0.6) is 0 Å². The molecule has 0 N–H and O–H groups in total. The Morgan fingerprint density at radius 3 is 2.90 bits per heavy atom. The molecule has 0 radical (unpaired) electrons. The molecule has 6 heteroatoms. The van der Waals surface area contributed by atoms with Gasteiger partial charge >= 0.3 is 5.97 Å². The van der Waals surface area contributed by atoms with Crippen LogP contribution in [0, 0.1) is 6.92 Å². The van der Waals surface area contributed by atoms with Crippen LogP contribution in [-0.2, 0) is 17.7 Å². The number of carbonyl (C=O) groups excluding carboxylic acids is 1. The minimum Gasteiger partial charge on any atom is -0.465 e. The van der Waals surface area contributed by atoms with E-state index in [1.807, 2.05) is 0 Å². The number of aryl methyl sites for hydroxylation is 2. The first kappa shape index (κ1) is 13.3. The van der Waals surface area contributed by atoms with Crippen molar-refractivity contribution in [3.8, 4) is 0 Å². The standard InChI is InChI=1S/C14H16N2O3S/c1-8-10-12(20-11(8)14(18)19-2)15-9-6-4-3-5-7-16(9)13(10)17/h3-7H2,1-2H3. The van der Waals surface area contributed by atoms with Crippen LogP contribution in [0.25, 0.3) is 10.2 Å². The van der Waals surface area contributed by atoms with E-state index in [-0.39, 0.29) is 5.56 Å². The summed E-state index contributed by atoms with van der Waals surface area (Å²) in [7, 11) is 1.35. The minimum atomic E-state index is -0.398. The highest BCUT2D eigenvalue weighted by atomic mass is 32.1. The Morgan fingerprint density at radius 2 is 2.15 bits per heavy atom. The largest absolute Gasteiger partial charge is 0.465 e. The van der Waals surface area contributed by atoms with E-state index in [0.717, 1.165) is 38.1 Å². The first-order valence-corrected chi connectivity index (χ1v) is 7.56. The number of hydrogen-bond acceptors (Lipinski definition) is 5. The molecule has 3 rings (SSSR count). The van der Waals surface area contributed by atoms with E-state index < -0.39 is 5.97 Å². The van der Waals surface area contributed by atoms with Gasteiger partial charge in [-0.1, -0.05) is 6.42 Å². The van der Waals surface area contributed by atoms with E-state index in [9.17, 15) is 9.59 Å². The number of carbonyl (C=O) groups is 1. The Bertz CT molecular complexity index is 745. The number of methoxy groups -OCH3 is 1. The van der Waals surface area contributed by atoms with Crippen LogP contribution in [0.3, 0.4) is 0 Å². The van der Waals surface area contributed by atoms with Crippen LogP contribution < -0.4 is 5.56 Å². The molecule has 0 atom stereocenters. The van der Waals surface area contributed by atoms with Gasteiger partial charge in [-0.25, -0.2) is 9.78 Å². The molecule has 20 heavy (non-hydrogen) atoms. The molecule has 1 aliphatic heterocycles. The van der Waals surface area contributed by atoms with E-state index in [1.165, 1.54) is 18.4 Å². The van der Waals surface area contributed by atoms with Crippen molar-refractivity contribution in [2.75, 3.05) is 7.11 Å². The molecule has 0 aromatic carbocycles. The highest BCUT2D eigenvalue weighted by Gasteiger charge is 2.22. The van der Waals surface area contributed by atoms with Crippen LogP contribution in [0.15, 0.2) is 4.79 Å². The Labute approximate surface area is 120 Å². The maximum Gasteiger partial charge on any atom is 0.348 e. The molecule has 0 amide bonds. The van der Waals surface area contributed by atoms with Crippen molar-refractivity contribution >= 4 is 27.5 Å². The van der Waals surface area contributed by atoms with E-state index in [4.69, 9.17) is 4.74 Å². The van der Waals surface area contributed by atoms with E-state index in [1.54, 1.807) is 11.5 Å². The second kappa shape index (κ2) is 5.01. The highest BCUT2D eigenvalue weighted by molar-refractivity contribution is 7.20. The van der Waals surface area contributed by atoms with E-state index >= 15 is 0 Å². The fourth-order valence-electron chi connectivity index (χ4n) is 2.70. The molecule has 0 spiro atoms. The summed E-state index contributed by atoms with van der Waals surface area (Å²) in [6, 6.07) is 0. The SMILES string of the molecule is COC(=O)c1sc2nc3n(c(=O)c2c1C)CCCCC3. The van der Waals surface area contributed by atoms with Crippen molar-refractivity contribution in [1.82, 2.24) is 9.55 Å². The smallest absolute Gasteiger partial charge is 0.348 e. The Hall–Kier alpha value is -1.69. The van der Waals surface area contributed by atoms with E-state index in [0.29, 0.717) is 20.7 Å². The van der Waals surface area contributed by atoms with E-state index in [2.05, 4.69) is 4.98 Å². The lowest BCUT2D eigenvalue weighted by molar-refractivity contribution is 0.0605. The summed E-state index contributed by atoms with van der Waals surface area (Å²) in [6.45, 7) is 2.51. The second-order valence-electron chi connectivity index (χ2n) is 5.02. The number of thiophene rings is 1. The quantitative estimate of drug-likeness (QED) is 0.757. The van der Waals surface area contributed by atoms with Crippen LogP contribution in [0.4, 0.5) is 0 Å². The van der Waals surface area contributed by atoms with Gasteiger partial charge in [-0.15, -0.1) is 11.3 Å². The third kappa shape index (κ3) is 1.95. The summed E-state index contributed by atoms with van der Waals surface area (Å²) in [4.78, 5) is 30.1. The van der Waals surface area contributed by atoms with Crippen molar-refractivity contribution in [2.45, 2.75) is 39.2 Å². The number of hydrogen-bond donors (Lipinski definition) is 0. The third-order valence-corrected chi connectivity index (χ3v) is 4.95. The number of esters is 1. The highest BCUT2D eigenvalue weighted by Crippen LogP contribution is 2.28. The predicted octanol–water partition coefficient (Wildman–Crippen LogP) is 2.28. The fraction of sp³-hybridized carbons (Fsp3) is 0.500. The summed E-state index contributed by atoms with van der Waals surface area (Å²) >= 11 is 1.25. The number of aromatic nitrogens is 2. The molecule has 2 aromatic rings. The van der Waals surface area contributed by atoms with Gasteiger partial charge in [0.05, 0.1) is 12.5 Å². The van der Waals surface area contributed by atoms with Gasteiger partial charge < -0.3 is 4.74 Å². The van der Waals surface area contributed by atoms with Crippen LogP contribution >= 0.6 is 11.3 Å². The van der Waals surface area contributed by atoms with Gasteiger partial charge in [0, 0.05) is 13.0 Å². The Kier molecular flexibility index (Phi) is 3.33. The fourth-order valence-corrected chi connectivity index (χ4v) is 3.81. The van der Waals surface area contributed by atoms with Crippen LogP contribution in [0.2, 0.25) is 0 Å². The predicted molar refractivity (Wildman–Crippen MR) is 77.5 cm³/mol. The molecule has 0 unspecified atom stereocenters. The molecule has 106 valence electrons. The summed E-state index contributed by atoms with van der Waals surface area (Å²) in [6.07, 6.45) is 4.03. The van der Waals surface area contributed by atoms with Crippen molar-refractivity contribution in [3.05, 3.63) is 26.6 Å². The zero-order chi connectivity index (χ0) is 14.3. The average Bonchev–Trinajstić information content (AvgIpc) is 2.63. The zero-order valence-electron chi connectivity index (χ0n) is 11.6. The summed E-state index contributed by atoms with van der Waals surface area (Å²) in [5.41, 5.74) is 0.671. The monoisotopic (exact) mass is 292 g/mol. The molecule has 0 bridgehead atoms. The Morgan fingerprint density at radius 1 is 1.35 bits per heavy atom. The minimum absolute atomic E-state index is 0.0178. The van der Waals surface area contributed by atoms with Gasteiger partial charge in [0.15, 0.2) is 0 Å². The Balaban J connectivity index is 2.29. The summed E-state index contributed by atoms with van der Waals surface area (Å²) in [5.74, 6) is 0.447. The normalized spacial score (nSPS) is 14.9. The van der Waals surface area contributed by atoms with Gasteiger partial charge in [0.1, 0.15) is 15.5 Å². The van der Waals surface area contributed by atoms with Gasteiger partial charge in [-0.3, -0.25) is 9.36 Å². The maximum atomic E-state index is 12.6. The number of rotatable bonds is 1. The third-order valence-electron chi connectivity index (χ3n) is 3.78. The van der Waals surface area contributed by atoms with Crippen molar-refractivity contribution in [2.24, 2.45) is 0 Å². The van der Waals surface area contributed by atoms with Crippen molar-refractivity contribution in [3.63, 3.8) is 0 Å². The molecule has 0 saturated heterocycles. The van der Waals surface area contributed by atoms with Crippen LogP contribution in [-0.4, -0.2) is 22.6 Å². The van der Waals surface area contributed by atoms with Crippen molar-refractivity contribution in [1.29, 1.82) is 0 Å². The molecular weight excluding hydrogens is 276 g/mol. The molecule has 2 aromatic heterocycles. The first-order valence-electron chi connectivity index (χ1n) is 6.74. The lowest BCUT2D eigenvalue weighted by atomic mass is 10.2. The van der Waals surface area contributed by atoms with Gasteiger partial charge in [-0.05, 0) is 25.3 Å². The van der Waals surface area contributed by atoms with Gasteiger partial charge in [0.2, 0.25) is 0 Å². The summed E-state index contributed by atoms with van der Waals surface area (Å²) in [5, 5.41) is 0.570. The second-order valence-corrected chi connectivity index (χ2v) is 6.02. The number of ether oxygens (including phenoxy) is 1. The molecule has 0 fully saturated rings. The molecule has 1 aliphatic rings. The molecule has 0 saturated carbocycles. The maximum absolute atomic E-state index is 12.6. The van der Waals surface area contributed by atoms with Crippen LogP contribution in [0.1, 0.15) is 40.3 Å². The first-order chi connectivity index (χ1) is 9.63. The van der Waals surface area contributed by atoms with Gasteiger partial charge in [-0.2, -0.15) is 0 Å².